The molecule has 0 aliphatic heterocycles. The van der Waals surface area contributed by atoms with Gasteiger partial charge in [0.05, 0.1) is 0 Å². The Morgan fingerprint density at radius 3 is 2.50 bits per heavy atom. The van der Waals surface area contributed by atoms with Crippen molar-refractivity contribution >= 4 is 6.08 Å². The first-order chi connectivity index (χ1) is 5.83. The van der Waals surface area contributed by atoms with Gasteiger partial charge in [-0.2, -0.15) is 0 Å². The molecule has 0 bridgehead atoms. The van der Waals surface area contributed by atoms with Crippen molar-refractivity contribution in [3.05, 3.63) is 53.9 Å². The van der Waals surface area contributed by atoms with Crippen molar-refractivity contribution in [3.8, 4) is 0 Å². The fourth-order valence-corrected chi connectivity index (χ4v) is 0.916. The van der Waals surface area contributed by atoms with Crippen molar-refractivity contribution in [2.45, 2.75) is 6.92 Å². The molecule has 1 aromatic carbocycles. The average Bonchev–Trinajstić information content (AvgIpc) is 2.06. The van der Waals surface area contributed by atoms with E-state index in [9.17, 15) is 4.39 Å². The number of hydrogen-bond donors (Lipinski definition) is 0. The average molecular weight is 162 g/mol. The molecule has 0 radical (unpaired) electrons. The normalized spacial score (nSPS) is 12.3. The third kappa shape index (κ3) is 2.70. The van der Waals surface area contributed by atoms with E-state index in [0.717, 1.165) is 5.56 Å². The van der Waals surface area contributed by atoms with Gasteiger partial charge in [-0.1, -0.05) is 36.4 Å². The summed E-state index contributed by atoms with van der Waals surface area (Å²) in [5.41, 5.74) is 0.883. The largest absolute Gasteiger partial charge is 0.207 e. The molecule has 0 spiro atoms. The maximum Gasteiger partial charge on any atom is 0.123 e. The topological polar surface area (TPSA) is 0 Å². The summed E-state index contributed by atoms with van der Waals surface area (Å²) < 4.78 is 12.9. The smallest absolute Gasteiger partial charge is 0.123 e. The fraction of sp³-hybridized carbons (Fsp3) is 0.0909. The number of rotatable bonds is 2. The van der Waals surface area contributed by atoms with Crippen molar-refractivity contribution in [1.29, 1.82) is 0 Å². The van der Waals surface area contributed by atoms with Crippen LogP contribution in [-0.2, 0) is 0 Å². The summed E-state index contributed by atoms with van der Waals surface area (Å²) >= 11 is 0. The molecule has 0 nitrogen and oxygen atoms in total. The summed E-state index contributed by atoms with van der Waals surface area (Å²) in [7, 11) is 0. The Kier molecular flexibility index (Phi) is 3.27. The molecular formula is C11H11F. The van der Waals surface area contributed by atoms with Gasteiger partial charge >= 0.3 is 0 Å². The highest BCUT2D eigenvalue weighted by molar-refractivity contribution is 5.53. The second kappa shape index (κ2) is 4.50. The highest BCUT2D eigenvalue weighted by Gasteiger charge is 1.87. The van der Waals surface area contributed by atoms with Crippen LogP contribution >= 0.6 is 0 Å². The lowest BCUT2D eigenvalue weighted by Gasteiger charge is -1.90. The summed E-state index contributed by atoms with van der Waals surface area (Å²) in [5, 5.41) is 0. The monoisotopic (exact) mass is 162 g/mol. The van der Waals surface area contributed by atoms with Gasteiger partial charge in [0.25, 0.3) is 0 Å². The minimum absolute atomic E-state index is 0.219. The van der Waals surface area contributed by atoms with Crippen molar-refractivity contribution < 1.29 is 4.39 Å². The third-order valence-corrected chi connectivity index (χ3v) is 1.43. The zero-order valence-corrected chi connectivity index (χ0v) is 7.00. The van der Waals surface area contributed by atoms with Crippen molar-refractivity contribution in [2.24, 2.45) is 0 Å². The first kappa shape index (κ1) is 8.72. The van der Waals surface area contributed by atoms with Crippen molar-refractivity contribution in [1.82, 2.24) is 0 Å². The number of halogens is 1. The molecule has 0 atom stereocenters. The molecule has 0 aliphatic carbocycles. The standard InChI is InChI=1S/C11H11F/c1-2-6-11(12)9-10-7-4-3-5-8-10/h2-9H,1H3/b6-2-,11-9-. The van der Waals surface area contributed by atoms with Gasteiger partial charge in [-0.15, -0.1) is 0 Å². The van der Waals surface area contributed by atoms with E-state index in [2.05, 4.69) is 0 Å². The molecule has 1 aromatic rings. The second-order valence-electron chi connectivity index (χ2n) is 2.44. The van der Waals surface area contributed by atoms with Gasteiger partial charge in [0.1, 0.15) is 5.83 Å². The molecule has 0 aliphatic rings. The molecule has 0 heterocycles. The van der Waals surface area contributed by atoms with Gasteiger partial charge in [0, 0.05) is 0 Å². The van der Waals surface area contributed by atoms with E-state index < -0.39 is 0 Å². The van der Waals surface area contributed by atoms with E-state index in [1.54, 1.807) is 13.0 Å². The third-order valence-electron chi connectivity index (χ3n) is 1.43. The van der Waals surface area contributed by atoms with E-state index in [1.807, 2.05) is 30.3 Å². The molecule has 1 rings (SSSR count). The summed E-state index contributed by atoms with van der Waals surface area (Å²) in [6.07, 6.45) is 4.61. The SMILES string of the molecule is C/C=C\C(F)=C\c1ccccc1. The predicted molar refractivity (Wildman–Crippen MR) is 50.3 cm³/mol. The van der Waals surface area contributed by atoms with Crippen LogP contribution in [-0.4, -0.2) is 0 Å². The van der Waals surface area contributed by atoms with Crippen molar-refractivity contribution in [3.63, 3.8) is 0 Å². The van der Waals surface area contributed by atoms with Crippen LogP contribution in [0.4, 0.5) is 4.39 Å². The first-order valence-electron chi connectivity index (χ1n) is 3.88. The van der Waals surface area contributed by atoms with Crippen LogP contribution in [0.5, 0.6) is 0 Å². The van der Waals surface area contributed by atoms with E-state index in [0.29, 0.717) is 0 Å². The molecule has 12 heavy (non-hydrogen) atoms. The molecule has 0 fully saturated rings. The van der Waals surface area contributed by atoms with Crippen LogP contribution in [0, 0.1) is 0 Å². The summed E-state index contributed by atoms with van der Waals surface area (Å²) in [5.74, 6) is -0.219. The van der Waals surface area contributed by atoms with Crippen LogP contribution in [0.1, 0.15) is 12.5 Å². The maximum atomic E-state index is 12.9. The molecular weight excluding hydrogens is 151 g/mol. The Morgan fingerprint density at radius 1 is 1.25 bits per heavy atom. The first-order valence-corrected chi connectivity index (χ1v) is 3.88. The maximum absolute atomic E-state index is 12.9. The van der Waals surface area contributed by atoms with Crippen LogP contribution in [0.3, 0.4) is 0 Å². The Morgan fingerprint density at radius 2 is 1.92 bits per heavy atom. The molecule has 0 N–H and O–H groups in total. The number of benzene rings is 1. The van der Waals surface area contributed by atoms with E-state index in [-0.39, 0.29) is 5.83 Å². The quantitative estimate of drug-likeness (QED) is 0.583. The summed E-state index contributed by atoms with van der Waals surface area (Å²) in [4.78, 5) is 0. The molecule has 0 aromatic heterocycles. The van der Waals surface area contributed by atoms with Crippen LogP contribution in [0.25, 0.3) is 6.08 Å². The zero-order valence-electron chi connectivity index (χ0n) is 7.00. The van der Waals surface area contributed by atoms with E-state index >= 15 is 0 Å². The minimum atomic E-state index is -0.219. The van der Waals surface area contributed by atoms with Gasteiger partial charge in [0.2, 0.25) is 0 Å². The highest BCUT2D eigenvalue weighted by atomic mass is 19.1. The minimum Gasteiger partial charge on any atom is -0.207 e. The van der Waals surface area contributed by atoms with Gasteiger partial charge in [-0.25, -0.2) is 4.39 Å². The number of hydrogen-bond acceptors (Lipinski definition) is 0. The molecule has 1 heteroatoms. The molecule has 0 saturated heterocycles. The van der Waals surface area contributed by atoms with Crippen molar-refractivity contribution in [2.75, 3.05) is 0 Å². The van der Waals surface area contributed by atoms with Gasteiger partial charge in [0.15, 0.2) is 0 Å². The lowest BCUT2D eigenvalue weighted by molar-refractivity contribution is 0.674. The second-order valence-corrected chi connectivity index (χ2v) is 2.44. The van der Waals surface area contributed by atoms with E-state index in [4.69, 9.17) is 0 Å². The Bertz CT molecular complexity index is 283. The molecule has 62 valence electrons. The Balaban J connectivity index is 2.81. The molecule has 0 unspecified atom stereocenters. The summed E-state index contributed by atoms with van der Waals surface area (Å²) in [6, 6.07) is 9.40. The lowest BCUT2D eigenvalue weighted by atomic mass is 10.2. The van der Waals surface area contributed by atoms with Crippen LogP contribution in [0.2, 0.25) is 0 Å². The van der Waals surface area contributed by atoms with Gasteiger partial charge < -0.3 is 0 Å². The Labute approximate surface area is 72.0 Å². The van der Waals surface area contributed by atoms with Gasteiger partial charge in [-0.05, 0) is 24.6 Å². The predicted octanol–water partition coefficient (Wildman–Crippen LogP) is 3.57. The Hall–Kier alpha value is -1.37. The van der Waals surface area contributed by atoms with Crippen LogP contribution < -0.4 is 0 Å². The molecule has 0 saturated carbocycles. The van der Waals surface area contributed by atoms with E-state index in [1.165, 1.54) is 12.2 Å². The summed E-state index contributed by atoms with van der Waals surface area (Å²) in [6.45, 7) is 1.79. The van der Waals surface area contributed by atoms with Crippen LogP contribution in [0.15, 0.2) is 48.3 Å². The fourth-order valence-electron chi connectivity index (χ4n) is 0.916. The van der Waals surface area contributed by atoms with Gasteiger partial charge in [-0.3, -0.25) is 0 Å². The number of allylic oxidation sites excluding steroid dienone is 3. The molecule has 0 amide bonds. The zero-order chi connectivity index (χ0) is 8.81. The lowest BCUT2D eigenvalue weighted by Crippen LogP contribution is -1.70. The highest BCUT2D eigenvalue weighted by Crippen LogP contribution is 2.08.